The van der Waals surface area contributed by atoms with Crippen molar-refractivity contribution >= 4 is 40.3 Å². The summed E-state index contributed by atoms with van der Waals surface area (Å²) in [7, 11) is 0.676. The maximum absolute atomic E-state index is 12.1. The zero-order valence-electron chi connectivity index (χ0n) is 23.4. The maximum atomic E-state index is 12.1. The zero-order valence-corrected chi connectivity index (χ0v) is 27.7. The SMILES string of the molecule is CCCCC(=O)C(C(C)=O)[Si](CC)(OC)OC.CCCCC(=O)C(C(C)=O)[Si](CC)(OC)OC.[Pt+2]. The second-order valence-electron chi connectivity index (χ2n) is 8.37. The van der Waals surface area contributed by atoms with E-state index in [9.17, 15) is 19.2 Å². The van der Waals surface area contributed by atoms with Crippen LogP contribution in [0.25, 0.3) is 0 Å². The first kappa shape index (κ1) is 39.2. The van der Waals surface area contributed by atoms with Crippen molar-refractivity contribution in [3.8, 4) is 0 Å². The minimum Gasteiger partial charge on any atom is -0.397 e. The van der Waals surface area contributed by atoms with Crippen molar-refractivity contribution in [1.82, 2.24) is 0 Å². The van der Waals surface area contributed by atoms with Gasteiger partial charge >= 0.3 is 38.2 Å². The van der Waals surface area contributed by atoms with E-state index in [2.05, 4.69) is 0 Å². The Bertz CT molecular complexity index is 566. The first-order chi connectivity index (χ1) is 16.0. The van der Waals surface area contributed by atoms with Crippen molar-refractivity contribution in [3.63, 3.8) is 0 Å². The van der Waals surface area contributed by atoms with Crippen LogP contribution in [0.5, 0.6) is 0 Å². The van der Waals surface area contributed by atoms with Crippen LogP contribution in [-0.2, 0) is 57.9 Å². The van der Waals surface area contributed by atoms with Gasteiger partial charge in [-0.3, -0.25) is 19.2 Å². The van der Waals surface area contributed by atoms with Crippen molar-refractivity contribution in [1.29, 1.82) is 0 Å². The third kappa shape index (κ3) is 11.7. The summed E-state index contributed by atoms with van der Waals surface area (Å²) in [5, 5.41) is 0. The summed E-state index contributed by atoms with van der Waals surface area (Å²) in [6.45, 7) is 10.7. The summed E-state index contributed by atoms with van der Waals surface area (Å²) in [5.41, 5.74) is -1.37. The van der Waals surface area contributed by atoms with E-state index in [4.69, 9.17) is 17.7 Å². The third-order valence-corrected chi connectivity index (χ3v) is 14.2. The van der Waals surface area contributed by atoms with Crippen molar-refractivity contribution in [2.75, 3.05) is 28.4 Å². The molecule has 0 saturated carbocycles. The van der Waals surface area contributed by atoms with Gasteiger partial charge in [-0.2, -0.15) is 0 Å². The van der Waals surface area contributed by atoms with Crippen LogP contribution in [0.2, 0.25) is 23.2 Å². The van der Waals surface area contributed by atoms with E-state index < -0.39 is 28.2 Å². The van der Waals surface area contributed by atoms with E-state index in [1.54, 1.807) is 0 Å². The van der Waals surface area contributed by atoms with Crippen molar-refractivity contribution < 1.29 is 57.9 Å². The monoisotopic (exact) mass is 715 g/mol. The molecular formula is C24H48O8PtSi2+2. The second kappa shape index (κ2) is 20.7. The Morgan fingerprint density at radius 2 is 0.857 bits per heavy atom. The normalized spacial score (nSPS) is 13.1. The van der Waals surface area contributed by atoms with E-state index in [1.807, 2.05) is 27.7 Å². The summed E-state index contributed by atoms with van der Waals surface area (Å²) in [6, 6.07) is 1.20. The molecule has 2 unspecified atom stereocenters. The molecule has 0 heterocycles. The Balaban J connectivity index is -0.000000569. The molecule has 0 radical (unpaired) electrons. The maximum Gasteiger partial charge on any atom is 2.00 e. The molecule has 0 aromatic carbocycles. The molecule has 2 atom stereocenters. The average molecular weight is 716 g/mol. The molecule has 208 valence electrons. The van der Waals surface area contributed by atoms with Gasteiger partial charge < -0.3 is 17.7 Å². The molecule has 0 aromatic heterocycles. The zero-order chi connectivity index (χ0) is 26.9. The minimum atomic E-state index is -2.72. The Labute approximate surface area is 229 Å². The van der Waals surface area contributed by atoms with Gasteiger partial charge in [-0.1, -0.05) is 40.5 Å². The molecule has 35 heavy (non-hydrogen) atoms. The summed E-state index contributed by atoms with van der Waals surface area (Å²) in [6.07, 6.45) is 4.37. The number of rotatable bonds is 18. The van der Waals surface area contributed by atoms with Crippen LogP contribution in [0.15, 0.2) is 0 Å². The smallest absolute Gasteiger partial charge is 0.397 e. The van der Waals surface area contributed by atoms with E-state index in [-0.39, 0.29) is 44.2 Å². The number of carbonyl (C=O) groups excluding carboxylic acids is 4. The molecule has 0 rings (SSSR count). The van der Waals surface area contributed by atoms with Crippen LogP contribution >= 0.6 is 0 Å². The topological polar surface area (TPSA) is 105 Å². The van der Waals surface area contributed by atoms with Gasteiger partial charge in [0.1, 0.15) is 34.2 Å². The molecular weight excluding hydrogens is 668 g/mol. The molecule has 0 aliphatic heterocycles. The Hall–Kier alpha value is -0.358. The van der Waals surface area contributed by atoms with Gasteiger partial charge in [0.2, 0.25) is 0 Å². The van der Waals surface area contributed by atoms with Gasteiger partial charge in [-0.05, 0) is 38.8 Å². The Morgan fingerprint density at radius 3 is 1.00 bits per heavy atom. The van der Waals surface area contributed by atoms with E-state index in [0.29, 0.717) is 24.9 Å². The number of unbranched alkanes of at least 4 members (excludes halogenated alkanes) is 2. The summed E-state index contributed by atoms with van der Waals surface area (Å²) < 4.78 is 21.7. The molecule has 8 nitrogen and oxygen atoms in total. The number of hydrogen-bond acceptors (Lipinski definition) is 8. The molecule has 0 fully saturated rings. The average Bonchev–Trinajstić information content (AvgIpc) is 2.82. The molecule has 0 aliphatic carbocycles. The number of Topliss-reactive ketones (excluding diaryl/α,β-unsaturated/α-hetero) is 4. The van der Waals surface area contributed by atoms with Gasteiger partial charge in [0.05, 0.1) is 0 Å². The van der Waals surface area contributed by atoms with Gasteiger partial charge in [0, 0.05) is 41.3 Å². The summed E-state index contributed by atoms with van der Waals surface area (Å²) in [5.74, 6) is -0.334. The molecule has 0 aliphatic rings. The van der Waals surface area contributed by atoms with Crippen molar-refractivity contribution in [2.45, 2.75) is 103 Å². The van der Waals surface area contributed by atoms with Crippen LogP contribution in [0.1, 0.15) is 80.1 Å². The van der Waals surface area contributed by atoms with Crippen LogP contribution in [-0.4, -0.2) is 68.7 Å². The predicted octanol–water partition coefficient (Wildman–Crippen LogP) is 4.92. The number of ketones is 4. The van der Waals surface area contributed by atoms with Gasteiger partial charge in [0.15, 0.2) is 0 Å². The van der Waals surface area contributed by atoms with Crippen molar-refractivity contribution in [3.05, 3.63) is 0 Å². The molecule has 0 aromatic rings. The molecule has 0 amide bonds. The number of hydrogen-bond donors (Lipinski definition) is 0. The van der Waals surface area contributed by atoms with Crippen LogP contribution in [0, 0.1) is 0 Å². The fraction of sp³-hybridized carbons (Fsp3) is 0.833. The predicted molar refractivity (Wildman–Crippen MR) is 138 cm³/mol. The third-order valence-electron chi connectivity index (χ3n) is 6.26. The van der Waals surface area contributed by atoms with E-state index in [0.717, 1.165) is 25.7 Å². The number of carbonyl (C=O) groups is 4. The largest absolute Gasteiger partial charge is 2.00 e. The molecule has 0 N–H and O–H groups in total. The molecule has 11 heteroatoms. The Kier molecular flexibility index (Phi) is 23.1. The van der Waals surface area contributed by atoms with Gasteiger partial charge in [-0.25, -0.2) is 0 Å². The minimum absolute atomic E-state index is 0. The fourth-order valence-electron chi connectivity index (χ4n) is 4.18. The molecule has 0 spiro atoms. The standard InChI is InChI=1S/2C12H24O4Si.Pt/c2*1-6-8-9-11(14)12(10(3)13)17(7-2,15-4)16-5;/h2*12H,6-9H2,1-5H3;/q;;+2. The van der Waals surface area contributed by atoms with Gasteiger partial charge in [0.25, 0.3) is 0 Å². The first-order valence-electron chi connectivity index (χ1n) is 12.2. The van der Waals surface area contributed by atoms with Crippen LogP contribution < -0.4 is 0 Å². The molecule has 0 saturated heterocycles. The Morgan fingerprint density at radius 1 is 0.600 bits per heavy atom. The van der Waals surface area contributed by atoms with Crippen LogP contribution in [0.4, 0.5) is 0 Å². The first-order valence-corrected chi connectivity index (χ1v) is 16.4. The van der Waals surface area contributed by atoms with Crippen molar-refractivity contribution in [2.24, 2.45) is 0 Å². The van der Waals surface area contributed by atoms with E-state index >= 15 is 0 Å². The van der Waals surface area contributed by atoms with Gasteiger partial charge in [-0.15, -0.1) is 0 Å². The van der Waals surface area contributed by atoms with E-state index in [1.165, 1.54) is 42.3 Å². The summed E-state index contributed by atoms with van der Waals surface area (Å²) >= 11 is 0. The second-order valence-corrected chi connectivity index (χ2v) is 15.8. The fourth-order valence-corrected chi connectivity index (χ4v) is 9.93. The molecule has 0 bridgehead atoms. The van der Waals surface area contributed by atoms with Crippen LogP contribution in [0.3, 0.4) is 0 Å². The quantitative estimate of drug-likeness (QED) is 0.146. The summed E-state index contributed by atoms with van der Waals surface area (Å²) in [4.78, 5) is 47.7.